The third kappa shape index (κ3) is 3.62. The molecule has 1 rings (SSSR count). The van der Waals surface area contributed by atoms with Crippen molar-refractivity contribution in [1.29, 1.82) is 0 Å². The largest absolute Gasteiger partial charge is 0.380 e. The second kappa shape index (κ2) is 5.43. The van der Waals surface area contributed by atoms with Crippen molar-refractivity contribution >= 4 is 16.9 Å². The zero-order valence-corrected chi connectivity index (χ0v) is 7.62. The molecule has 0 spiro atoms. The first-order valence-corrected chi connectivity index (χ1v) is 4.91. The van der Waals surface area contributed by atoms with Crippen LogP contribution >= 0.6 is 11.8 Å². The lowest BCUT2D eigenvalue weighted by atomic mass is 10.7. The minimum Gasteiger partial charge on any atom is -0.380 e. The highest BCUT2D eigenvalue weighted by atomic mass is 32.2. The number of nitrogens with one attached hydrogen (secondary N) is 1. The first-order valence-electron chi connectivity index (χ1n) is 3.92. The minimum absolute atomic E-state index is 0.774. The maximum absolute atomic E-state index is 5.17. The van der Waals surface area contributed by atoms with E-state index in [0.717, 1.165) is 37.2 Å². The molecule has 1 aliphatic heterocycles. The Morgan fingerprint density at radius 3 is 3.27 bits per heavy atom. The summed E-state index contributed by atoms with van der Waals surface area (Å²) in [4.78, 5) is 4.25. The van der Waals surface area contributed by atoms with Crippen LogP contribution in [0.25, 0.3) is 0 Å². The molecule has 0 amide bonds. The average Bonchev–Trinajstić information content (AvgIpc) is 2.50. The van der Waals surface area contributed by atoms with Crippen molar-refractivity contribution in [2.45, 2.75) is 6.92 Å². The van der Waals surface area contributed by atoms with Gasteiger partial charge in [-0.2, -0.15) is 0 Å². The molecule has 64 valence electrons. The number of rotatable bonds is 4. The molecule has 4 heteroatoms. The molecule has 0 aromatic heterocycles. The molecule has 0 bridgehead atoms. The topological polar surface area (TPSA) is 33.6 Å². The molecule has 0 aromatic carbocycles. The van der Waals surface area contributed by atoms with E-state index in [2.05, 4.69) is 10.3 Å². The fraction of sp³-hybridized carbons (Fsp3) is 0.857. The second-order valence-corrected chi connectivity index (χ2v) is 3.24. The van der Waals surface area contributed by atoms with Crippen LogP contribution in [0.2, 0.25) is 0 Å². The standard InChI is InChI=1S/C7H14N2OS/c1-2-10-5-3-8-7-9-4-6-11-7/h2-6H2,1H3,(H,8,9). The fourth-order valence-electron chi connectivity index (χ4n) is 0.817. The molecule has 0 aliphatic carbocycles. The lowest BCUT2D eigenvalue weighted by molar-refractivity contribution is 0.153. The van der Waals surface area contributed by atoms with E-state index in [4.69, 9.17) is 4.74 Å². The van der Waals surface area contributed by atoms with Gasteiger partial charge in [-0.1, -0.05) is 11.8 Å². The monoisotopic (exact) mass is 174 g/mol. The van der Waals surface area contributed by atoms with Crippen LogP contribution < -0.4 is 5.32 Å². The Morgan fingerprint density at radius 1 is 1.73 bits per heavy atom. The molecule has 1 N–H and O–H groups in total. The summed E-state index contributed by atoms with van der Waals surface area (Å²) in [7, 11) is 0. The smallest absolute Gasteiger partial charge is 0.156 e. The van der Waals surface area contributed by atoms with Gasteiger partial charge in [0.1, 0.15) is 0 Å². The van der Waals surface area contributed by atoms with Crippen molar-refractivity contribution in [3.05, 3.63) is 0 Å². The highest BCUT2D eigenvalue weighted by Crippen LogP contribution is 2.07. The summed E-state index contributed by atoms with van der Waals surface area (Å²) in [6, 6.07) is 0. The average molecular weight is 174 g/mol. The highest BCUT2D eigenvalue weighted by Gasteiger charge is 2.04. The highest BCUT2D eigenvalue weighted by molar-refractivity contribution is 8.14. The van der Waals surface area contributed by atoms with Gasteiger partial charge in [-0.15, -0.1) is 0 Å². The van der Waals surface area contributed by atoms with Crippen molar-refractivity contribution in [3.8, 4) is 0 Å². The van der Waals surface area contributed by atoms with Crippen LogP contribution in [0.5, 0.6) is 0 Å². The van der Waals surface area contributed by atoms with Crippen LogP contribution in [-0.2, 0) is 4.74 Å². The molecule has 0 saturated carbocycles. The molecule has 0 atom stereocenters. The lowest BCUT2D eigenvalue weighted by Gasteiger charge is -2.03. The third-order valence-electron chi connectivity index (χ3n) is 1.31. The van der Waals surface area contributed by atoms with E-state index in [1.54, 1.807) is 11.8 Å². The Balaban J connectivity index is 1.94. The molecule has 0 unspecified atom stereocenters. The maximum atomic E-state index is 5.17. The molecule has 0 aromatic rings. The predicted octanol–water partition coefficient (Wildman–Crippen LogP) is 0.715. The molecule has 0 fully saturated rings. The van der Waals surface area contributed by atoms with Crippen LogP contribution in [0.15, 0.2) is 4.99 Å². The van der Waals surface area contributed by atoms with Gasteiger partial charge in [0.25, 0.3) is 0 Å². The van der Waals surface area contributed by atoms with Gasteiger partial charge in [-0.05, 0) is 6.92 Å². The third-order valence-corrected chi connectivity index (χ3v) is 2.25. The van der Waals surface area contributed by atoms with Crippen molar-refractivity contribution in [3.63, 3.8) is 0 Å². The Morgan fingerprint density at radius 2 is 2.64 bits per heavy atom. The molecule has 1 heterocycles. The minimum atomic E-state index is 0.774. The van der Waals surface area contributed by atoms with E-state index in [1.165, 1.54) is 0 Å². The summed E-state index contributed by atoms with van der Waals surface area (Å²) in [6.45, 7) is 5.40. The predicted molar refractivity (Wildman–Crippen MR) is 49.3 cm³/mol. The molecule has 0 saturated heterocycles. The number of hydrogen-bond donors (Lipinski definition) is 1. The van der Waals surface area contributed by atoms with Crippen LogP contribution in [0, 0.1) is 0 Å². The van der Waals surface area contributed by atoms with Gasteiger partial charge >= 0.3 is 0 Å². The molecular weight excluding hydrogens is 160 g/mol. The second-order valence-electron chi connectivity index (χ2n) is 2.16. The number of ether oxygens (including phenoxy) is 1. The van der Waals surface area contributed by atoms with E-state index in [9.17, 15) is 0 Å². The van der Waals surface area contributed by atoms with Crippen LogP contribution in [0.3, 0.4) is 0 Å². The normalized spacial score (nSPS) is 16.6. The van der Waals surface area contributed by atoms with Gasteiger partial charge in [0.2, 0.25) is 0 Å². The SMILES string of the molecule is CCOCCNC1=NCCS1. The molecular formula is C7H14N2OS. The summed E-state index contributed by atoms with van der Waals surface area (Å²) in [5, 5.41) is 4.28. The Hall–Kier alpha value is -0.220. The summed E-state index contributed by atoms with van der Waals surface area (Å²) < 4.78 is 5.17. The van der Waals surface area contributed by atoms with Gasteiger partial charge in [-0.25, -0.2) is 0 Å². The molecule has 1 aliphatic rings. The zero-order chi connectivity index (χ0) is 7.94. The fourth-order valence-corrected chi connectivity index (χ4v) is 1.58. The maximum Gasteiger partial charge on any atom is 0.156 e. The number of thioether (sulfide) groups is 1. The van der Waals surface area contributed by atoms with Crippen LogP contribution in [-0.4, -0.2) is 37.2 Å². The van der Waals surface area contributed by atoms with E-state index >= 15 is 0 Å². The van der Waals surface area contributed by atoms with Crippen LogP contribution in [0.1, 0.15) is 6.92 Å². The van der Waals surface area contributed by atoms with E-state index in [0.29, 0.717) is 0 Å². The van der Waals surface area contributed by atoms with E-state index in [-0.39, 0.29) is 0 Å². The Labute approximate surface area is 71.6 Å². The number of amidine groups is 1. The lowest BCUT2D eigenvalue weighted by Crippen LogP contribution is -2.23. The number of hydrogen-bond acceptors (Lipinski definition) is 4. The van der Waals surface area contributed by atoms with Gasteiger partial charge in [0.15, 0.2) is 5.17 Å². The first kappa shape index (κ1) is 8.87. The van der Waals surface area contributed by atoms with Gasteiger partial charge in [0, 0.05) is 18.9 Å². The van der Waals surface area contributed by atoms with Gasteiger partial charge in [-0.3, -0.25) is 4.99 Å². The summed E-state index contributed by atoms with van der Waals surface area (Å²) in [5.74, 6) is 1.12. The van der Waals surface area contributed by atoms with Crippen LogP contribution in [0.4, 0.5) is 0 Å². The van der Waals surface area contributed by atoms with Crippen molar-refractivity contribution in [1.82, 2.24) is 5.32 Å². The Bertz CT molecular complexity index is 138. The quantitative estimate of drug-likeness (QED) is 0.637. The van der Waals surface area contributed by atoms with Gasteiger partial charge < -0.3 is 10.1 Å². The van der Waals surface area contributed by atoms with E-state index in [1.807, 2.05) is 6.92 Å². The van der Waals surface area contributed by atoms with Gasteiger partial charge in [0.05, 0.1) is 13.2 Å². The molecule has 11 heavy (non-hydrogen) atoms. The first-order chi connectivity index (χ1) is 5.43. The van der Waals surface area contributed by atoms with Crippen molar-refractivity contribution < 1.29 is 4.74 Å². The summed E-state index contributed by atoms with van der Waals surface area (Å²) >= 11 is 1.78. The summed E-state index contributed by atoms with van der Waals surface area (Å²) in [5.41, 5.74) is 0. The Kier molecular flexibility index (Phi) is 4.38. The summed E-state index contributed by atoms with van der Waals surface area (Å²) in [6.07, 6.45) is 0. The van der Waals surface area contributed by atoms with Crippen molar-refractivity contribution in [2.24, 2.45) is 4.99 Å². The number of aliphatic imine (C=N–C) groups is 1. The molecule has 0 radical (unpaired) electrons. The number of nitrogens with zero attached hydrogens (tertiary/aromatic N) is 1. The zero-order valence-electron chi connectivity index (χ0n) is 6.80. The molecule has 3 nitrogen and oxygen atoms in total. The van der Waals surface area contributed by atoms with Crippen molar-refractivity contribution in [2.75, 3.05) is 32.1 Å². The van der Waals surface area contributed by atoms with E-state index < -0.39 is 0 Å².